The van der Waals surface area contributed by atoms with Crippen molar-refractivity contribution in [2.45, 2.75) is 6.92 Å². The lowest BCUT2D eigenvalue weighted by Gasteiger charge is -2.03. The molecule has 0 saturated carbocycles. The van der Waals surface area contributed by atoms with Gasteiger partial charge < -0.3 is 4.74 Å². The number of hydrogen-bond donors (Lipinski definition) is 0. The molecule has 17 heavy (non-hydrogen) atoms. The molecule has 0 aliphatic heterocycles. The molecule has 0 heterocycles. The fourth-order valence-corrected chi connectivity index (χ4v) is 1.53. The largest absolute Gasteiger partial charge is 0.497 e. The van der Waals surface area contributed by atoms with Crippen molar-refractivity contribution in [3.8, 4) is 16.9 Å². The van der Waals surface area contributed by atoms with Crippen LogP contribution in [0.1, 0.15) is 5.56 Å². The summed E-state index contributed by atoms with van der Waals surface area (Å²) < 4.78 is 5.12. The van der Waals surface area contributed by atoms with Gasteiger partial charge in [0, 0.05) is 0 Å². The normalized spacial score (nSPS) is 9.06. The van der Waals surface area contributed by atoms with Gasteiger partial charge in [0.2, 0.25) is 0 Å². The summed E-state index contributed by atoms with van der Waals surface area (Å²) >= 11 is 0. The molecule has 0 aliphatic rings. The van der Waals surface area contributed by atoms with Crippen molar-refractivity contribution in [1.82, 2.24) is 0 Å². The van der Waals surface area contributed by atoms with Crippen LogP contribution in [0.3, 0.4) is 0 Å². The fraction of sp³-hybridized carbons (Fsp3) is 0.125. The quantitative estimate of drug-likeness (QED) is 0.686. The smallest absolute Gasteiger partial charge is 0.118 e. The summed E-state index contributed by atoms with van der Waals surface area (Å²) in [6, 6.07) is 16.6. The van der Waals surface area contributed by atoms with E-state index in [-0.39, 0.29) is 0 Å². The zero-order valence-corrected chi connectivity index (χ0v) is 10.4. The molecule has 0 saturated heterocycles. The molecule has 0 unspecified atom stereocenters. The van der Waals surface area contributed by atoms with Gasteiger partial charge >= 0.3 is 0 Å². The van der Waals surface area contributed by atoms with Crippen molar-refractivity contribution in [3.05, 3.63) is 67.3 Å². The van der Waals surface area contributed by atoms with Gasteiger partial charge in [-0.15, -0.1) is 13.2 Å². The molecule has 1 heteroatoms. The Morgan fingerprint density at radius 1 is 0.765 bits per heavy atom. The van der Waals surface area contributed by atoms with Crippen LogP contribution in [0.5, 0.6) is 5.75 Å². The molecular weight excluding hydrogens is 208 g/mol. The molecule has 0 spiro atoms. The summed E-state index contributed by atoms with van der Waals surface area (Å²) in [5, 5.41) is 0. The highest BCUT2D eigenvalue weighted by atomic mass is 16.5. The van der Waals surface area contributed by atoms with Crippen molar-refractivity contribution < 1.29 is 4.74 Å². The first-order valence-corrected chi connectivity index (χ1v) is 5.51. The molecule has 0 N–H and O–H groups in total. The molecule has 0 bridgehead atoms. The third-order valence-electron chi connectivity index (χ3n) is 2.47. The summed E-state index contributed by atoms with van der Waals surface area (Å²) in [4.78, 5) is 0. The molecule has 0 atom stereocenters. The van der Waals surface area contributed by atoms with E-state index in [0.717, 1.165) is 5.75 Å². The minimum Gasteiger partial charge on any atom is -0.497 e. The van der Waals surface area contributed by atoms with Crippen molar-refractivity contribution in [3.63, 3.8) is 0 Å². The Balaban J connectivity index is 0.000000686. The van der Waals surface area contributed by atoms with Crippen LogP contribution >= 0.6 is 0 Å². The second-order valence-corrected chi connectivity index (χ2v) is 3.59. The monoisotopic (exact) mass is 226 g/mol. The van der Waals surface area contributed by atoms with Gasteiger partial charge in [0.25, 0.3) is 0 Å². The predicted molar refractivity (Wildman–Crippen MR) is 74.4 cm³/mol. The molecule has 1 nitrogen and oxygen atoms in total. The van der Waals surface area contributed by atoms with E-state index in [4.69, 9.17) is 4.74 Å². The van der Waals surface area contributed by atoms with Crippen molar-refractivity contribution in [2.75, 3.05) is 7.11 Å². The minimum atomic E-state index is 0.894. The van der Waals surface area contributed by atoms with E-state index in [1.54, 1.807) is 7.11 Å². The van der Waals surface area contributed by atoms with Gasteiger partial charge in [0.05, 0.1) is 7.11 Å². The van der Waals surface area contributed by atoms with E-state index < -0.39 is 0 Å². The molecule has 0 fully saturated rings. The Hall–Kier alpha value is -2.02. The lowest BCUT2D eigenvalue weighted by atomic mass is 10.0. The Kier molecular flexibility index (Phi) is 5.02. The van der Waals surface area contributed by atoms with Crippen molar-refractivity contribution in [2.24, 2.45) is 0 Å². The number of aryl methyl sites for hydroxylation is 1. The molecule has 2 aromatic rings. The van der Waals surface area contributed by atoms with Crippen LogP contribution < -0.4 is 4.74 Å². The van der Waals surface area contributed by atoms with Gasteiger partial charge in [0.1, 0.15) is 5.75 Å². The first kappa shape index (κ1) is 13.0. The van der Waals surface area contributed by atoms with Gasteiger partial charge in [-0.05, 0) is 30.2 Å². The van der Waals surface area contributed by atoms with Crippen LogP contribution in [-0.2, 0) is 0 Å². The molecule has 0 radical (unpaired) electrons. The number of methoxy groups -OCH3 is 1. The SMILES string of the molecule is C=C.COc1ccc(-c2ccc(C)cc2)cc1. The van der Waals surface area contributed by atoms with Gasteiger partial charge in [-0.25, -0.2) is 0 Å². The van der Waals surface area contributed by atoms with Crippen LogP contribution in [0, 0.1) is 6.92 Å². The van der Waals surface area contributed by atoms with Crippen LogP contribution in [0.25, 0.3) is 11.1 Å². The van der Waals surface area contributed by atoms with E-state index in [1.807, 2.05) is 12.1 Å². The number of ether oxygens (including phenoxy) is 1. The summed E-state index contributed by atoms with van der Waals surface area (Å²) in [6.07, 6.45) is 0. The standard InChI is InChI=1S/C14H14O.C2H4/c1-11-3-5-12(6-4-11)13-7-9-14(15-2)10-8-13;1-2/h3-10H,1-2H3;1-2H2. The minimum absolute atomic E-state index is 0.894. The maximum Gasteiger partial charge on any atom is 0.118 e. The van der Waals surface area contributed by atoms with E-state index in [1.165, 1.54) is 16.7 Å². The van der Waals surface area contributed by atoms with Crippen molar-refractivity contribution in [1.29, 1.82) is 0 Å². The molecule has 2 aromatic carbocycles. The summed E-state index contributed by atoms with van der Waals surface area (Å²) in [6.45, 7) is 8.10. The summed E-state index contributed by atoms with van der Waals surface area (Å²) in [5.74, 6) is 0.894. The highest BCUT2D eigenvalue weighted by molar-refractivity contribution is 5.64. The Morgan fingerprint density at radius 3 is 1.59 bits per heavy atom. The number of benzene rings is 2. The summed E-state index contributed by atoms with van der Waals surface area (Å²) in [5.41, 5.74) is 3.74. The Morgan fingerprint density at radius 2 is 1.18 bits per heavy atom. The Labute approximate surface area is 103 Å². The van der Waals surface area contributed by atoms with Crippen molar-refractivity contribution >= 4 is 0 Å². The average molecular weight is 226 g/mol. The number of hydrogen-bond acceptors (Lipinski definition) is 1. The lowest BCUT2D eigenvalue weighted by Crippen LogP contribution is -1.82. The zero-order valence-electron chi connectivity index (χ0n) is 10.4. The predicted octanol–water partition coefficient (Wildman–Crippen LogP) is 4.47. The van der Waals surface area contributed by atoms with Crippen LogP contribution in [-0.4, -0.2) is 7.11 Å². The maximum atomic E-state index is 5.12. The van der Waals surface area contributed by atoms with Crippen LogP contribution in [0.2, 0.25) is 0 Å². The molecule has 0 aliphatic carbocycles. The fourth-order valence-electron chi connectivity index (χ4n) is 1.53. The second-order valence-electron chi connectivity index (χ2n) is 3.59. The van der Waals surface area contributed by atoms with Crippen LogP contribution in [0.4, 0.5) is 0 Å². The lowest BCUT2D eigenvalue weighted by molar-refractivity contribution is 0.415. The van der Waals surface area contributed by atoms with Gasteiger partial charge in [0.15, 0.2) is 0 Å². The topological polar surface area (TPSA) is 9.23 Å². The van der Waals surface area contributed by atoms with Gasteiger partial charge in [-0.1, -0.05) is 42.0 Å². The Bertz CT molecular complexity index is 440. The number of rotatable bonds is 2. The third kappa shape index (κ3) is 3.49. The molecule has 0 aromatic heterocycles. The highest BCUT2D eigenvalue weighted by Gasteiger charge is 1.97. The van der Waals surface area contributed by atoms with E-state index in [9.17, 15) is 0 Å². The molecular formula is C16H18O. The zero-order chi connectivity index (χ0) is 12.7. The molecule has 0 amide bonds. The molecule has 2 rings (SSSR count). The van der Waals surface area contributed by atoms with Crippen LogP contribution in [0.15, 0.2) is 61.7 Å². The average Bonchev–Trinajstić information content (AvgIpc) is 2.42. The summed E-state index contributed by atoms with van der Waals surface area (Å²) in [7, 11) is 1.68. The third-order valence-corrected chi connectivity index (χ3v) is 2.47. The first-order chi connectivity index (χ1) is 8.29. The second kappa shape index (κ2) is 6.54. The van der Waals surface area contributed by atoms with Gasteiger partial charge in [-0.3, -0.25) is 0 Å². The maximum absolute atomic E-state index is 5.12. The molecule has 88 valence electrons. The van der Waals surface area contributed by atoms with Gasteiger partial charge in [-0.2, -0.15) is 0 Å². The first-order valence-electron chi connectivity index (χ1n) is 5.51. The van der Waals surface area contributed by atoms with E-state index in [2.05, 4.69) is 56.5 Å². The van der Waals surface area contributed by atoms with E-state index >= 15 is 0 Å². The highest BCUT2D eigenvalue weighted by Crippen LogP contribution is 2.22. The van der Waals surface area contributed by atoms with E-state index in [0.29, 0.717) is 0 Å².